The van der Waals surface area contributed by atoms with Crippen molar-refractivity contribution < 1.29 is 14.3 Å². The molecule has 7 heteroatoms. The Kier molecular flexibility index (Phi) is 7.46. The van der Waals surface area contributed by atoms with Crippen molar-refractivity contribution in [2.45, 2.75) is 114 Å². The highest BCUT2D eigenvalue weighted by atomic mass is 16.5. The summed E-state index contributed by atoms with van der Waals surface area (Å²) in [4.78, 5) is 31.3. The van der Waals surface area contributed by atoms with E-state index in [1.165, 1.54) is 51.4 Å². The Bertz CT molecular complexity index is 785. The lowest BCUT2D eigenvalue weighted by atomic mass is 9.81. The van der Waals surface area contributed by atoms with E-state index < -0.39 is 5.54 Å². The summed E-state index contributed by atoms with van der Waals surface area (Å²) in [6, 6.07) is 3.21. The van der Waals surface area contributed by atoms with Crippen LogP contribution in [0.25, 0.3) is 0 Å². The van der Waals surface area contributed by atoms with Crippen LogP contribution in [0, 0.1) is 23.2 Å². The fraction of sp³-hybridized carbons (Fsp3) is 0.889. The van der Waals surface area contributed by atoms with Crippen molar-refractivity contribution >= 4 is 11.8 Å². The van der Waals surface area contributed by atoms with Gasteiger partial charge in [0.2, 0.25) is 11.8 Å². The largest absolute Gasteiger partial charge is 0.374 e. The second-order valence-electron chi connectivity index (χ2n) is 11.7. The Balaban J connectivity index is 1.24. The molecular formula is C27H42N4O3. The number of hydrogen-bond acceptors (Lipinski definition) is 5. The number of hydrogen-bond donors (Lipinski definition) is 1. The van der Waals surface area contributed by atoms with E-state index in [-0.39, 0.29) is 36.3 Å². The maximum absolute atomic E-state index is 13.7. The number of ether oxygens (including phenoxy) is 1. The van der Waals surface area contributed by atoms with Crippen molar-refractivity contribution in [3.63, 3.8) is 0 Å². The lowest BCUT2D eigenvalue weighted by molar-refractivity contribution is -0.140. The molecule has 0 radical (unpaired) electrons. The number of morpholine rings is 1. The Morgan fingerprint density at radius 1 is 1.06 bits per heavy atom. The summed E-state index contributed by atoms with van der Waals surface area (Å²) in [5.41, 5.74) is -0.817. The zero-order valence-corrected chi connectivity index (χ0v) is 20.7. The fourth-order valence-corrected chi connectivity index (χ4v) is 7.30. The molecule has 5 fully saturated rings. The van der Waals surface area contributed by atoms with Crippen molar-refractivity contribution in [1.29, 1.82) is 5.26 Å². The molecule has 34 heavy (non-hydrogen) atoms. The Labute approximate surface area is 204 Å². The summed E-state index contributed by atoms with van der Waals surface area (Å²) < 4.78 is 5.67. The Morgan fingerprint density at radius 3 is 2.44 bits per heavy atom. The van der Waals surface area contributed by atoms with Crippen LogP contribution in [0.15, 0.2) is 0 Å². The quantitative estimate of drug-likeness (QED) is 0.617. The monoisotopic (exact) mass is 470 g/mol. The first kappa shape index (κ1) is 24.1. The third-order valence-corrected chi connectivity index (χ3v) is 9.32. The average Bonchev–Trinajstić information content (AvgIpc) is 3.61. The number of amides is 2. The second kappa shape index (κ2) is 10.5. The summed E-state index contributed by atoms with van der Waals surface area (Å²) in [5, 5.41) is 13.3. The van der Waals surface area contributed by atoms with Crippen LogP contribution in [0.2, 0.25) is 0 Å². The third-order valence-electron chi connectivity index (χ3n) is 9.32. The van der Waals surface area contributed by atoms with E-state index in [0.717, 1.165) is 32.2 Å². The van der Waals surface area contributed by atoms with Crippen LogP contribution < -0.4 is 5.32 Å². The Morgan fingerprint density at radius 2 is 1.79 bits per heavy atom. The third kappa shape index (κ3) is 5.28. The molecule has 1 N–H and O–H groups in total. The molecule has 7 nitrogen and oxygen atoms in total. The molecule has 2 bridgehead atoms. The van der Waals surface area contributed by atoms with E-state index in [4.69, 9.17) is 4.74 Å². The van der Waals surface area contributed by atoms with Crippen LogP contribution in [0.5, 0.6) is 0 Å². The highest BCUT2D eigenvalue weighted by Crippen LogP contribution is 2.34. The van der Waals surface area contributed by atoms with Crippen LogP contribution in [0.4, 0.5) is 0 Å². The first-order valence-electron chi connectivity index (χ1n) is 13.9. The van der Waals surface area contributed by atoms with Crippen LogP contribution >= 0.6 is 0 Å². The molecule has 3 aliphatic heterocycles. The maximum Gasteiger partial charge on any atom is 0.224 e. The molecule has 5 rings (SSSR count). The maximum atomic E-state index is 13.7. The molecule has 2 aliphatic carbocycles. The Hall–Kier alpha value is -1.65. The number of nitrogens with zero attached hydrogens (tertiary/aromatic N) is 3. The number of nitriles is 1. The summed E-state index contributed by atoms with van der Waals surface area (Å²) in [5.74, 6) is 0.181. The van der Waals surface area contributed by atoms with Gasteiger partial charge in [-0.25, -0.2) is 0 Å². The lowest BCUT2D eigenvalue weighted by Gasteiger charge is -2.33. The van der Waals surface area contributed by atoms with E-state index in [2.05, 4.69) is 16.3 Å². The van der Waals surface area contributed by atoms with Gasteiger partial charge in [-0.1, -0.05) is 51.4 Å². The van der Waals surface area contributed by atoms with Crippen molar-refractivity contribution in [3.05, 3.63) is 0 Å². The van der Waals surface area contributed by atoms with Crippen molar-refractivity contribution in [2.24, 2.45) is 11.8 Å². The van der Waals surface area contributed by atoms with Gasteiger partial charge < -0.3 is 15.0 Å². The highest BCUT2D eigenvalue weighted by molar-refractivity contribution is 5.87. The zero-order valence-electron chi connectivity index (χ0n) is 20.7. The molecule has 3 saturated heterocycles. The summed E-state index contributed by atoms with van der Waals surface area (Å²) in [7, 11) is 0. The van der Waals surface area contributed by atoms with Gasteiger partial charge in [0.15, 0.2) is 0 Å². The molecule has 4 atom stereocenters. The van der Waals surface area contributed by atoms with Crippen LogP contribution in [0.3, 0.4) is 0 Å². The van der Waals surface area contributed by atoms with Crippen molar-refractivity contribution in [2.75, 3.05) is 26.2 Å². The molecule has 5 aliphatic rings. The number of nitrogens with one attached hydrogen (secondary N) is 1. The molecule has 4 unspecified atom stereocenters. The van der Waals surface area contributed by atoms with E-state index >= 15 is 0 Å². The zero-order chi connectivity index (χ0) is 23.5. The van der Waals surface area contributed by atoms with E-state index in [1.807, 2.05) is 4.90 Å². The minimum atomic E-state index is -0.817. The fourth-order valence-electron chi connectivity index (χ4n) is 7.30. The number of fused-ring (bicyclic) bond motifs is 2. The van der Waals surface area contributed by atoms with Gasteiger partial charge in [0.25, 0.3) is 0 Å². The number of carbonyl (C=O) groups is 2. The minimum absolute atomic E-state index is 0.0772. The molecule has 188 valence electrons. The first-order valence-corrected chi connectivity index (χ1v) is 13.9. The number of likely N-dealkylation sites (tertiary alicyclic amines) is 2. The molecule has 2 amide bonds. The van der Waals surface area contributed by atoms with Crippen molar-refractivity contribution in [3.8, 4) is 6.07 Å². The molecular weight excluding hydrogens is 428 g/mol. The van der Waals surface area contributed by atoms with Gasteiger partial charge in [-0.15, -0.1) is 0 Å². The van der Waals surface area contributed by atoms with Gasteiger partial charge >= 0.3 is 0 Å². The molecule has 2 saturated carbocycles. The van der Waals surface area contributed by atoms with Gasteiger partial charge in [-0.2, -0.15) is 5.26 Å². The summed E-state index contributed by atoms with van der Waals surface area (Å²) in [6.45, 7) is 2.79. The molecule has 0 aromatic carbocycles. The molecule has 3 heterocycles. The van der Waals surface area contributed by atoms with Crippen LogP contribution in [0.1, 0.15) is 89.9 Å². The average molecular weight is 471 g/mol. The number of carbonyl (C=O) groups excluding carboxylic acids is 2. The van der Waals surface area contributed by atoms with Gasteiger partial charge in [-0.05, 0) is 38.0 Å². The van der Waals surface area contributed by atoms with E-state index in [0.29, 0.717) is 38.1 Å². The van der Waals surface area contributed by atoms with Gasteiger partial charge in [0.1, 0.15) is 5.54 Å². The van der Waals surface area contributed by atoms with Crippen LogP contribution in [-0.4, -0.2) is 71.6 Å². The minimum Gasteiger partial charge on any atom is -0.374 e. The SMILES string of the molecule is N#CC1(NC(=O)C(CC(=O)N2CC3CC2CO3)CC2CCCCC2)CCN(C2CCCCC2)C1. The number of rotatable bonds is 7. The molecule has 0 aromatic rings. The van der Waals surface area contributed by atoms with Crippen LogP contribution in [-0.2, 0) is 14.3 Å². The lowest BCUT2D eigenvalue weighted by Crippen LogP contribution is -2.53. The van der Waals surface area contributed by atoms with Crippen molar-refractivity contribution in [1.82, 2.24) is 15.1 Å². The van der Waals surface area contributed by atoms with Gasteiger partial charge in [0, 0.05) is 38.0 Å². The van der Waals surface area contributed by atoms with E-state index in [1.54, 1.807) is 0 Å². The van der Waals surface area contributed by atoms with Gasteiger partial charge in [-0.3, -0.25) is 14.5 Å². The van der Waals surface area contributed by atoms with Gasteiger partial charge in [0.05, 0.1) is 24.8 Å². The molecule has 0 spiro atoms. The standard InChI is InChI=1S/C27H42N4O3/c28-18-27(11-12-30(19-27)22-9-5-2-6-10-22)29-26(33)21(13-20-7-3-1-4-8-20)14-25(32)31-16-24-15-23(31)17-34-24/h20-24H,1-17,19H2,(H,29,33). The summed E-state index contributed by atoms with van der Waals surface area (Å²) >= 11 is 0. The second-order valence-corrected chi connectivity index (χ2v) is 11.7. The van der Waals surface area contributed by atoms with E-state index in [9.17, 15) is 14.9 Å². The highest BCUT2D eigenvalue weighted by Gasteiger charge is 2.45. The summed E-state index contributed by atoms with van der Waals surface area (Å²) in [6.07, 6.45) is 15.1. The topological polar surface area (TPSA) is 85.7 Å². The smallest absolute Gasteiger partial charge is 0.224 e. The normalized spacial score (nSPS) is 33.7. The predicted molar refractivity (Wildman–Crippen MR) is 129 cm³/mol. The first-order chi connectivity index (χ1) is 16.5. The predicted octanol–water partition coefficient (Wildman–Crippen LogP) is 3.38. The molecule has 0 aromatic heterocycles.